The van der Waals surface area contributed by atoms with E-state index in [1.807, 2.05) is 29.2 Å². The Morgan fingerprint density at radius 1 is 1.44 bits per heavy atom. The van der Waals surface area contributed by atoms with E-state index < -0.39 is 0 Å². The normalized spacial score (nSPS) is 18.6. The Morgan fingerprint density at radius 3 is 2.83 bits per heavy atom. The van der Waals surface area contributed by atoms with E-state index in [-0.39, 0.29) is 24.4 Å². The predicted octanol–water partition coefficient (Wildman–Crippen LogP) is 2.23. The van der Waals surface area contributed by atoms with Gasteiger partial charge in [-0.15, -0.1) is 12.4 Å². The van der Waals surface area contributed by atoms with Crippen molar-refractivity contribution in [2.75, 3.05) is 13.1 Å². The van der Waals surface area contributed by atoms with Gasteiger partial charge in [-0.2, -0.15) is 0 Å². The highest BCUT2D eigenvalue weighted by Gasteiger charge is 2.28. The summed E-state index contributed by atoms with van der Waals surface area (Å²) in [6.45, 7) is 3.50. The standard InChI is InChI=1S/C14H20N2O.ClH/c1-2-11-6-3-4-8-13(11)14(17)16-9-5-7-12(16)10-15;/h3-4,6,8,12H,2,5,7,9-10,15H2,1H3;1H. The molecule has 1 aromatic carbocycles. The molecule has 1 saturated heterocycles. The molecule has 1 heterocycles. The zero-order valence-electron chi connectivity index (χ0n) is 10.8. The van der Waals surface area contributed by atoms with Crippen molar-refractivity contribution >= 4 is 18.3 Å². The summed E-state index contributed by atoms with van der Waals surface area (Å²) in [6.07, 6.45) is 3.00. The van der Waals surface area contributed by atoms with Crippen molar-refractivity contribution in [1.82, 2.24) is 4.90 Å². The van der Waals surface area contributed by atoms with Crippen LogP contribution in [-0.4, -0.2) is 29.9 Å². The zero-order valence-corrected chi connectivity index (χ0v) is 11.6. The van der Waals surface area contributed by atoms with Crippen LogP contribution in [0.3, 0.4) is 0 Å². The molecule has 18 heavy (non-hydrogen) atoms. The van der Waals surface area contributed by atoms with Crippen molar-refractivity contribution in [1.29, 1.82) is 0 Å². The first-order valence-corrected chi connectivity index (χ1v) is 6.36. The number of rotatable bonds is 3. The molecule has 1 fully saturated rings. The topological polar surface area (TPSA) is 46.3 Å². The van der Waals surface area contributed by atoms with Gasteiger partial charge in [0.15, 0.2) is 0 Å². The van der Waals surface area contributed by atoms with Gasteiger partial charge in [0.1, 0.15) is 0 Å². The highest BCUT2D eigenvalue weighted by Crippen LogP contribution is 2.21. The van der Waals surface area contributed by atoms with E-state index >= 15 is 0 Å². The van der Waals surface area contributed by atoms with Gasteiger partial charge in [-0.25, -0.2) is 0 Å². The summed E-state index contributed by atoms with van der Waals surface area (Å²) in [5, 5.41) is 0. The zero-order chi connectivity index (χ0) is 12.3. The highest BCUT2D eigenvalue weighted by atomic mass is 35.5. The number of hydrogen-bond acceptors (Lipinski definition) is 2. The summed E-state index contributed by atoms with van der Waals surface area (Å²) in [7, 11) is 0. The number of amides is 1. The molecule has 0 saturated carbocycles. The largest absolute Gasteiger partial charge is 0.334 e. The number of likely N-dealkylation sites (tertiary alicyclic amines) is 1. The van der Waals surface area contributed by atoms with Crippen LogP contribution in [0.2, 0.25) is 0 Å². The molecule has 1 aliphatic rings. The number of carbonyl (C=O) groups excluding carboxylic acids is 1. The minimum absolute atomic E-state index is 0. The van der Waals surface area contributed by atoms with Crippen molar-refractivity contribution < 1.29 is 4.79 Å². The van der Waals surface area contributed by atoms with Gasteiger partial charge in [0.25, 0.3) is 5.91 Å². The monoisotopic (exact) mass is 268 g/mol. The minimum Gasteiger partial charge on any atom is -0.334 e. The fraction of sp³-hybridized carbons (Fsp3) is 0.500. The van der Waals surface area contributed by atoms with E-state index in [4.69, 9.17) is 5.73 Å². The van der Waals surface area contributed by atoms with Crippen LogP contribution in [0.25, 0.3) is 0 Å². The van der Waals surface area contributed by atoms with Crippen LogP contribution < -0.4 is 5.73 Å². The lowest BCUT2D eigenvalue weighted by molar-refractivity contribution is 0.0740. The maximum atomic E-state index is 12.5. The van der Waals surface area contributed by atoms with Crippen LogP contribution in [0.1, 0.15) is 35.7 Å². The number of halogens is 1. The number of aryl methyl sites for hydroxylation is 1. The quantitative estimate of drug-likeness (QED) is 0.914. The molecule has 2 N–H and O–H groups in total. The van der Waals surface area contributed by atoms with Crippen molar-refractivity contribution in [3.8, 4) is 0 Å². The third-order valence-corrected chi connectivity index (χ3v) is 3.54. The van der Waals surface area contributed by atoms with Gasteiger partial charge >= 0.3 is 0 Å². The summed E-state index contributed by atoms with van der Waals surface area (Å²) in [4.78, 5) is 14.4. The first-order valence-electron chi connectivity index (χ1n) is 6.36. The maximum Gasteiger partial charge on any atom is 0.254 e. The van der Waals surface area contributed by atoms with Crippen LogP contribution in [0.4, 0.5) is 0 Å². The lowest BCUT2D eigenvalue weighted by Gasteiger charge is -2.24. The van der Waals surface area contributed by atoms with Gasteiger partial charge in [-0.3, -0.25) is 4.79 Å². The Hall–Kier alpha value is -1.06. The molecule has 1 aliphatic heterocycles. The van der Waals surface area contributed by atoms with Gasteiger partial charge < -0.3 is 10.6 Å². The second-order valence-electron chi connectivity index (χ2n) is 4.54. The molecule has 0 aromatic heterocycles. The Bertz CT molecular complexity index is 409. The average molecular weight is 269 g/mol. The molecular formula is C14H21ClN2O. The molecule has 4 heteroatoms. The van der Waals surface area contributed by atoms with Crippen LogP contribution in [0, 0.1) is 0 Å². The molecule has 0 radical (unpaired) electrons. The predicted molar refractivity (Wildman–Crippen MR) is 76.2 cm³/mol. The molecule has 1 amide bonds. The van der Waals surface area contributed by atoms with E-state index in [0.717, 1.165) is 36.9 Å². The SMILES string of the molecule is CCc1ccccc1C(=O)N1CCCC1CN.Cl. The van der Waals surface area contributed by atoms with Crippen LogP contribution >= 0.6 is 12.4 Å². The lowest BCUT2D eigenvalue weighted by atomic mass is 10.0. The van der Waals surface area contributed by atoms with Crippen LogP contribution in [-0.2, 0) is 6.42 Å². The summed E-state index contributed by atoms with van der Waals surface area (Å²) in [5.41, 5.74) is 7.68. The third-order valence-electron chi connectivity index (χ3n) is 3.54. The molecular weight excluding hydrogens is 248 g/mol. The fourth-order valence-electron chi connectivity index (χ4n) is 2.54. The van der Waals surface area contributed by atoms with Crippen molar-refractivity contribution in [3.63, 3.8) is 0 Å². The fourth-order valence-corrected chi connectivity index (χ4v) is 2.54. The molecule has 3 nitrogen and oxygen atoms in total. The molecule has 1 aromatic rings. The van der Waals surface area contributed by atoms with Crippen molar-refractivity contribution in [2.45, 2.75) is 32.2 Å². The van der Waals surface area contributed by atoms with Crippen LogP contribution in [0.5, 0.6) is 0 Å². The Kier molecular flexibility index (Phi) is 5.63. The van der Waals surface area contributed by atoms with E-state index in [2.05, 4.69) is 6.92 Å². The molecule has 0 bridgehead atoms. The van der Waals surface area contributed by atoms with Crippen LogP contribution in [0.15, 0.2) is 24.3 Å². The van der Waals surface area contributed by atoms with Crippen molar-refractivity contribution in [2.24, 2.45) is 5.73 Å². The number of nitrogens with zero attached hydrogens (tertiary/aromatic N) is 1. The van der Waals surface area contributed by atoms with E-state index in [9.17, 15) is 4.79 Å². The van der Waals surface area contributed by atoms with Gasteiger partial charge in [-0.05, 0) is 30.9 Å². The molecule has 100 valence electrons. The minimum atomic E-state index is 0. The third kappa shape index (κ3) is 2.85. The van der Waals surface area contributed by atoms with E-state index in [1.165, 1.54) is 0 Å². The Morgan fingerprint density at radius 2 is 2.17 bits per heavy atom. The average Bonchev–Trinajstić information content (AvgIpc) is 2.86. The molecule has 1 atom stereocenters. The smallest absolute Gasteiger partial charge is 0.254 e. The second-order valence-corrected chi connectivity index (χ2v) is 4.54. The molecule has 2 rings (SSSR count). The summed E-state index contributed by atoms with van der Waals surface area (Å²) < 4.78 is 0. The summed E-state index contributed by atoms with van der Waals surface area (Å²) in [6, 6.07) is 8.10. The van der Waals surface area contributed by atoms with Gasteiger partial charge in [-0.1, -0.05) is 25.1 Å². The van der Waals surface area contributed by atoms with Gasteiger partial charge in [0.2, 0.25) is 0 Å². The second kappa shape index (κ2) is 6.76. The number of nitrogens with two attached hydrogens (primary N) is 1. The van der Waals surface area contributed by atoms with E-state index in [0.29, 0.717) is 6.54 Å². The number of carbonyl (C=O) groups is 1. The van der Waals surface area contributed by atoms with Gasteiger partial charge in [0, 0.05) is 24.7 Å². The summed E-state index contributed by atoms with van der Waals surface area (Å²) in [5.74, 6) is 0.149. The molecule has 1 unspecified atom stereocenters. The maximum absolute atomic E-state index is 12.5. The highest BCUT2D eigenvalue weighted by molar-refractivity contribution is 5.96. The van der Waals surface area contributed by atoms with E-state index in [1.54, 1.807) is 0 Å². The molecule has 0 aliphatic carbocycles. The van der Waals surface area contributed by atoms with Crippen molar-refractivity contribution in [3.05, 3.63) is 35.4 Å². The first kappa shape index (κ1) is 15.0. The molecule has 0 spiro atoms. The number of benzene rings is 1. The summed E-state index contributed by atoms with van der Waals surface area (Å²) >= 11 is 0. The first-order chi connectivity index (χ1) is 8.27. The van der Waals surface area contributed by atoms with Gasteiger partial charge in [0.05, 0.1) is 0 Å². The Labute approximate surface area is 115 Å². The Balaban J connectivity index is 0.00000162. The number of hydrogen-bond donors (Lipinski definition) is 1. The lowest BCUT2D eigenvalue weighted by Crippen LogP contribution is -2.40.